The number of thiophene rings is 1. The second kappa shape index (κ2) is 6.36. The largest absolute Gasteiger partial charge is 0.366 e. The van der Waals surface area contributed by atoms with Crippen molar-refractivity contribution in [2.45, 2.75) is 30.0 Å². The molecule has 8 nitrogen and oxygen atoms in total. The molecule has 0 radical (unpaired) electrons. The van der Waals surface area contributed by atoms with Crippen LogP contribution in [0.3, 0.4) is 0 Å². The van der Waals surface area contributed by atoms with Gasteiger partial charge in [0.15, 0.2) is 5.65 Å². The number of aryl methyl sites for hydroxylation is 1. The molecule has 0 saturated carbocycles. The lowest BCUT2D eigenvalue weighted by molar-refractivity contribution is 0.327. The van der Waals surface area contributed by atoms with Gasteiger partial charge in [0.05, 0.1) is 0 Å². The van der Waals surface area contributed by atoms with E-state index in [0.29, 0.717) is 28.8 Å². The minimum Gasteiger partial charge on any atom is -0.366 e. The lowest BCUT2D eigenvalue weighted by Crippen LogP contribution is -2.45. The van der Waals surface area contributed by atoms with E-state index in [-0.39, 0.29) is 6.04 Å². The Labute approximate surface area is 149 Å². The third-order valence-electron chi connectivity index (χ3n) is 4.30. The highest BCUT2D eigenvalue weighted by atomic mass is 32.2. The molecule has 1 atom stereocenters. The van der Waals surface area contributed by atoms with Crippen LogP contribution in [0.4, 0.5) is 5.82 Å². The van der Waals surface area contributed by atoms with Gasteiger partial charge in [-0.25, -0.2) is 13.4 Å². The molecule has 0 spiro atoms. The molecule has 3 aromatic heterocycles. The first-order chi connectivity index (χ1) is 12.0. The molecule has 0 bridgehead atoms. The first-order valence-electron chi connectivity index (χ1n) is 8.01. The average Bonchev–Trinajstić information content (AvgIpc) is 3.27. The summed E-state index contributed by atoms with van der Waals surface area (Å²) in [6.07, 6.45) is 3.33. The molecule has 132 valence electrons. The third kappa shape index (κ3) is 3.12. The monoisotopic (exact) mass is 378 g/mol. The van der Waals surface area contributed by atoms with E-state index in [0.717, 1.165) is 18.7 Å². The Morgan fingerprint density at radius 2 is 2.28 bits per heavy atom. The van der Waals surface area contributed by atoms with Crippen LogP contribution in [0.5, 0.6) is 0 Å². The molecular weight excluding hydrogens is 360 g/mol. The Kier molecular flexibility index (Phi) is 4.18. The van der Waals surface area contributed by atoms with Gasteiger partial charge in [0.2, 0.25) is 0 Å². The number of piperidine rings is 1. The van der Waals surface area contributed by atoms with E-state index in [9.17, 15) is 8.42 Å². The molecule has 10 heteroatoms. The average molecular weight is 378 g/mol. The van der Waals surface area contributed by atoms with Crippen LogP contribution in [0.25, 0.3) is 5.65 Å². The topological polar surface area (TPSA) is 92.5 Å². The van der Waals surface area contributed by atoms with Crippen LogP contribution < -0.4 is 5.32 Å². The van der Waals surface area contributed by atoms with E-state index in [2.05, 4.69) is 20.5 Å². The maximum absolute atomic E-state index is 12.7. The number of fused-ring (bicyclic) bond motifs is 1. The van der Waals surface area contributed by atoms with Gasteiger partial charge in [-0.3, -0.25) is 4.40 Å². The van der Waals surface area contributed by atoms with Gasteiger partial charge in [0.25, 0.3) is 10.0 Å². The van der Waals surface area contributed by atoms with Gasteiger partial charge in [0, 0.05) is 25.2 Å². The summed E-state index contributed by atoms with van der Waals surface area (Å²) in [4.78, 5) is 4.51. The third-order valence-corrected chi connectivity index (χ3v) is 7.53. The van der Waals surface area contributed by atoms with Crippen LogP contribution in [0.1, 0.15) is 18.7 Å². The van der Waals surface area contributed by atoms with E-state index in [4.69, 9.17) is 0 Å². The number of nitrogens with zero attached hydrogens (tertiary/aromatic N) is 5. The highest BCUT2D eigenvalue weighted by Gasteiger charge is 2.31. The van der Waals surface area contributed by atoms with Crippen molar-refractivity contribution in [2.75, 3.05) is 18.4 Å². The van der Waals surface area contributed by atoms with Crippen molar-refractivity contribution in [3.8, 4) is 0 Å². The molecule has 25 heavy (non-hydrogen) atoms. The molecule has 1 N–H and O–H groups in total. The molecule has 1 fully saturated rings. The summed E-state index contributed by atoms with van der Waals surface area (Å²) in [5.74, 6) is 1.47. The molecule has 0 unspecified atom stereocenters. The van der Waals surface area contributed by atoms with Gasteiger partial charge in [0.1, 0.15) is 22.2 Å². The predicted molar refractivity (Wildman–Crippen MR) is 95.2 cm³/mol. The fraction of sp³-hybridized carbons (Fsp3) is 0.400. The fourth-order valence-corrected chi connectivity index (χ4v) is 5.74. The fourth-order valence-electron chi connectivity index (χ4n) is 3.07. The molecule has 1 saturated heterocycles. The highest BCUT2D eigenvalue weighted by Crippen LogP contribution is 2.25. The SMILES string of the molecule is Cc1nc(N[C@@H]2CCCN(S(=O)(=O)c3cccs3)C2)cc2nncn12. The first-order valence-corrected chi connectivity index (χ1v) is 10.3. The van der Waals surface area contributed by atoms with Crippen molar-refractivity contribution in [2.24, 2.45) is 0 Å². The molecule has 4 rings (SSSR count). The van der Waals surface area contributed by atoms with Crippen LogP contribution in [0.2, 0.25) is 0 Å². The zero-order chi connectivity index (χ0) is 17.4. The Morgan fingerprint density at radius 3 is 3.08 bits per heavy atom. The molecule has 0 amide bonds. The number of hydrogen-bond acceptors (Lipinski definition) is 7. The van der Waals surface area contributed by atoms with Gasteiger partial charge >= 0.3 is 0 Å². The number of anilines is 1. The number of nitrogens with one attached hydrogen (secondary N) is 1. The van der Waals surface area contributed by atoms with E-state index >= 15 is 0 Å². The Morgan fingerprint density at radius 1 is 1.40 bits per heavy atom. The second-order valence-corrected chi connectivity index (χ2v) is 9.14. The Bertz CT molecular complexity index is 983. The molecule has 3 aromatic rings. The number of sulfonamides is 1. The first kappa shape index (κ1) is 16.4. The van der Waals surface area contributed by atoms with Crippen LogP contribution >= 0.6 is 11.3 Å². The molecule has 4 heterocycles. The summed E-state index contributed by atoms with van der Waals surface area (Å²) < 4.78 is 29.2. The Hall–Kier alpha value is -2.04. The van der Waals surface area contributed by atoms with E-state index < -0.39 is 10.0 Å². The maximum Gasteiger partial charge on any atom is 0.252 e. The number of aromatic nitrogens is 4. The van der Waals surface area contributed by atoms with Crippen LogP contribution in [-0.4, -0.2) is 51.4 Å². The van der Waals surface area contributed by atoms with Crippen LogP contribution in [-0.2, 0) is 10.0 Å². The van der Waals surface area contributed by atoms with Gasteiger partial charge in [-0.2, -0.15) is 4.31 Å². The molecule has 1 aliphatic rings. The number of hydrogen-bond donors (Lipinski definition) is 1. The minimum absolute atomic E-state index is 0.0146. The van der Waals surface area contributed by atoms with Crippen molar-refractivity contribution in [1.29, 1.82) is 0 Å². The maximum atomic E-state index is 12.7. The summed E-state index contributed by atoms with van der Waals surface area (Å²) in [6, 6.07) is 5.26. The van der Waals surface area contributed by atoms with Crippen molar-refractivity contribution in [3.05, 3.63) is 35.7 Å². The lowest BCUT2D eigenvalue weighted by Gasteiger charge is -2.32. The minimum atomic E-state index is -3.41. The van der Waals surface area contributed by atoms with Crippen LogP contribution in [0, 0.1) is 6.92 Å². The van der Waals surface area contributed by atoms with E-state index in [1.807, 2.05) is 13.0 Å². The zero-order valence-corrected chi connectivity index (χ0v) is 15.3. The smallest absolute Gasteiger partial charge is 0.252 e. The number of rotatable bonds is 4. The van der Waals surface area contributed by atoms with Gasteiger partial charge < -0.3 is 5.32 Å². The summed E-state index contributed by atoms with van der Waals surface area (Å²) in [7, 11) is -3.41. The van der Waals surface area contributed by atoms with Crippen molar-refractivity contribution in [3.63, 3.8) is 0 Å². The van der Waals surface area contributed by atoms with Gasteiger partial charge in [-0.05, 0) is 31.2 Å². The summed E-state index contributed by atoms with van der Waals surface area (Å²) >= 11 is 1.25. The highest BCUT2D eigenvalue weighted by molar-refractivity contribution is 7.91. The van der Waals surface area contributed by atoms with E-state index in [1.165, 1.54) is 11.3 Å². The molecular formula is C15H18N6O2S2. The van der Waals surface area contributed by atoms with Crippen LogP contribution in [0.15, 0.2) is 34.1 Å². The summed E-state index contributed by atoms with van der Waals surface area (Å²) in [6.45, 7) is 2.86. The zero-order valence-electron chi connectivity index (χ0n) is 13.7. The van der Waals surface area contributed by atoms with Crippen molar-refractivity contribution in [1.82, 2.24) is 23.9 Å². The second-order valence-electron chi connectivity index (χ2n) is 6.03. The summed E-state index contributed by atoms with van der Waals surface area (Å²) in [5, 5.41) is 13.1. The Balaban J connectivity index is 1.53. The standard InChI is InChI=1S/C15H18N6O2S2/c1-11-17-13(8-14-19-16-10-21(11)14)18-12-4-2-6-20(9-12)25(22,23)15-5-3-7-24-15/h3,5,7-8,10,12,18H,2,4,6,9H2,1H3/t12-/m1/s1. The van der Waals surface area contributed by atoms with Gasteiger partial charge in [-0.1, -0.05) is 6.07 Å². The van der Waals surface area contributed by atoms with Gasteiger partial charge in [-0.15, -0.1) is 21.5 Å². The molecule has 0 aliphatic carbocycles. The van der Waals surface area contributed by atoms with Crippen molar-refractivity contribution >= 4 is 32.8 Å². The molecule has 0 aromatic carbocycles. The van der Waals surface area contributed by atoms with E-state index in [1.54, 1.807) is 32.5 Å². The molecule has 1 aliphatic heterocycles. The normalized spacial score (nSPS) is 19.3. The lowest BCUT2D eigenvalue weighted by atomic mass is 10.1. The predicted octanol–water partition coefficient (Wildman–Crippen LogP) is 1.76. The quantitative estimate of drug-likeness (QED) is 0.744. The summed E-state index contributed by atoms with van der Waals surface area (Å²) in [5.41, 5.74) is 0.717. The van der Waals surface area contributed by atoms with Crippen molar-refractivity contribution < 1.29 is 8.42 Å².